The van der Waals surface area contributed by atoms with E-state index in [1.54, 1.807) is 26.5 Å². The van der Waals surface area contributed by atoms with Crippen molar-refractivity contribution < 1.29 is 14.6 Å². The molecule has 5 heteroatoms. The Labute approximate surface area is 118 Å². The quantitative estimate of drug-likeness (QED) is 0.880. The fourth-order valence-electron chi connectivity index (χ4n) is 2.18. The number of benzene rings is 1. The Morgan fingerprint density at radius 3 is 2.70 bits per heavy atom. The molecule has 0 saturated heterocycles. The number of aryl methyl sites for hydroxylation is 1. The molecule has 0 amide bonds. The van der Waals surface area contributed by atoms with E-state index in [4.69, 9.17) is 9.47 Å². The molecule has 1 heterocycles. The van der Waals surface area contributed by atoms with Gasteiger partial charge in [0.05, 0.1) is 19.9 Å². The second kappa shape index (κ2) is 6.43. The monoisotopic (exact) mass is 276 g/mol. The zero-order valence-electron chi connectivity index (χ0n) is 12.0. The van der Waals surface area contributed by atoms with Gasteiger partial charge in [-0.15, -0.1) is 0 Å². The second-order valence-corrected chi connectivity index (χ2v) is 4.49. The van der Waals surface area contributed by atoms with Crippen molar-refractivity contribution in [2.75, 3.05) is 14.2 Å². The largest absolute Gasteiger partial charge is 0.497 e. The van der Waals surface area contributed by atoms with Gasteiger partial charge in [0.2, 0.25) is 0 Å². The molecule has 0 bridgehead atoms. The van der Waals surface area contributed by atoms with Crippen LogP contribution in [0.5, 0.6) is 11.5 Å². The van der Waals surface area contributed by atoms with Crippen molar-refractivity contribution in [2.24, 2.45) is 0 Å². The molecule has 1 aromatic heterocycles. The molecule has 0 aliphatic carbocycles. The first-order valence-corrected chi connectivity index (χ1v) is 6.63. The van der Waals surface area contributed by atoms with Crippen molar-refractivity contribution in [3.8, 4) is 11.5 Å². The topological polar surface area (TPSA) is 56.5 Å². The molecule has 1 N–H and O–H groups in total. The Kier molecular flexibility index (Phi) is 4.63. The smallest absolute Gasteiger partial charge is 0.128 e. The van der Waals surface area contributed by atoms with Gasteiger partial charge in [0, 0.05) is 24.4 Å². The Bertz CT molecular complexity index is 566. The summed E-state index contributed by atoms with van der Waals surface area (Å²) in [5.74, 6) is 1.29. The third-order valence-electron chi connectivity index (χ3n) is 3.20. The average Bonchev–Trinajstić information content (AvgIpc) is 2.94. The van der Waals surface area contributed by atoms with E-state index >= 15 is 0 Å². The first-order chi connectivity index (χ1) is 9.71. The molecule has 1 atom stereocenters. The van der Waals surface area contributed by atoms with E-state index in [2.05, 4.69) is 12.0 Å². The highest BCUT2D eigenvalue weighted by molar-refractivity contribution is 5.44. The van der Waals surface area contributed by atoms with Gasteiger partial charge in [-0.2, -0.15) is 5.10 Å². The van der Waals surface area contributed by atoms with Crippen LogP contribution in [0.4, 0.5) is 0 Å². The summed E-state index contributed by atoms with van der Waals surface area (Å²) < 4.78 is 12.3. The van der Waals surface area contributed by atoms with E-state index in [9.17, 15) is 5.11 Å². The fraction of sp³-hybridized carbons (Fsp3) is 0.400. The molecular weight excluding hydrogens is 256 g/mol. The first kappa shape index (κ1) is 14.4. The van der Waals surface area contributed by atoms with E-state index in [1.165, 1.54) is 0 Å². The number of rotatable bonds is 6. The van der Waals surface area contributed by atoms with Gasteiger partial charge in [0.25, 0.3) is 0 Å². The van der Waals surface area contributed by atoms with Crippen molar-refractivity contribution in [3.63, 3.8) is 0 Å². The third kappa shape index (κ3) is 2.77. The molecule has 108 valence electrons. The highest BCUT2D eigenvalue weighted by Gasteiger charge is 2.19. The summed E-state index contributed by atoms with van der Waals surface area (Å²) in [6, 6.07) is 7.20. The van der Waals surface area contributed by atoms with Crippen molar-refractivity contribution in [1.29, 1.82) is 0 Å². The SMILES string of the molecule is CCCn1nccc1C(O)c1ccc(OC)cc1OC. The molecule has 0 fully saturated rings. The van der Waals surface area contributed by atoms with E-state index in [1.807, 2.05) is 22.9 Å². The Morgan fingerprint density at radius 1 is 1.25 bits per heavy atom. The molecule has 0 spiro atoms. The minimum Gasteiger partial charge on any atom is -0.497 e. The number of hydrogen-bond donors (Lipinski definition) is 1. The van der Waals surface area contributed by atoms with Crippen molar-refractivity contribution in [3.05, 3.63) is 41.7 Å². The first-order valence-electron chi connectivity index (χ1n) is 6.63. The second-order valence-electron chi connectivity index (χ2n) is 4.49. The molecule has 1 aromatic carbocycles. The molecule has 1 unspecified atom stereocenters. The van der Waals surface area contributed by atoms with Crippen LogP contribution in [0.1, 0.15) is 30.7 Å². The molecule has 20 heavy (non-hydrogen) atoms. The molecule has 2 aromatic rings. The van der Waals surface area contributed by atoms with Crippen molar-refractivity contribution in [2.45, 2.75) is 26.0 Å². The Balaban J connectivity index is 2.37. The lowest BCUT2D eigenvalue weighted by atomic mass is 10.0. The van der Waals surface area contributed by atoms with Crippen molar-refractivity contribution >= 4 is 0 Å². The maximum absolute atomic E-state index is 10.6. The number of aliphatic hydroxyl groups excluding tert-OH is 1. The standard InChI is InChI=1S/C15H20N2O3/c1-4-9-17-13(7-8-16-17)15(18)12-6-5-11(19-2)10-14(12)20-3/h5-8,10,15,18H,4,9H2,1-3H3. The minimum atomic E-state index is -0.773. The number of aliphatic hydroxyl groups is 1. The normalized spacial score (nSPS) is 12.2. The zero-order chi connectivity index (χ0) is 14.5. The van der Waals surface area contributed by atoms with Crippen LogP contribution >= 0.6 is 0 Å². The summed E-state index contributed by atoms with van der Waals surface area (Å²) in [5, 5.41) is 14.8. The summed E-state index contributed by atoms with van der Waals surface area (Å²) in [6.07, 6.45) is 1.88. The molecule has 0 saturated carbocycles. The number of aromatic nitrogens is 2. The third-order valence-corrected chi connectivity index (χ3v) is 3.20. The number of ether oxygens (including phenoxy) is 2. The van der Waals surface area contributed by atoms with Crippen LogP contribution in [0.15, 0.2) is 30.5 Å². The van der Waals surface area contributed by atoms with Crippen molar-refractivity contribution in [1.82, 2.24) is 9.78 Å². The molecule has 2 rings (SSSR count). The average molecular weight is 276 g/mol. The lowest BCUT2D eigenvalue weighted by Gasteiger charge is -2.17. The lowest BCUT2D eigenvalue weighted by Crippen LogP contribution is -2.11. The highest BCUT2D eigenvalue weighted by Crippen LogP contribution is 2.32. The minimum absolute atomic E-state index is 0.598. The maximum atomic E-state index is 10.6. The molecule has 0 aliphatic heterocycles. The molecule has 0 aliphatic rings. The fourth-order valence-corrected chi connectivity index (χ4v) is 2.18. The van der Waals surface area contributed by atoms with Gasteiger partial charge in [-0.25, -0.2) is 0 Å². The van der Waals surface area contributed by atoms with E-state index in [-0.39, 0.29) is 0 Å². The summed E-state index contributed by atoms with van der Waals surface area (Å²) in [7, 11) is 3.18. The van der Waals surface area contributed by atoms with Crippen LogP contribution < -0.4 is 9.47 Å². The summed E-state index contributed by atoms with van der Waals surface area (Å²) >= 11 is 0. The number of methoxy groups -OCH3 is 2. The van der Waals surface area contributed by atoms with E-state index in [0.717, 1.165) is 18.7 Å². The van der Waals surface area contributed by atoms with Gasteiger partial charge in [-0.3, -0.25) is 4.68 Å². The summed E-state index contributed by atoms with van der Waals surface area (Å²) in [5.41, 5.74) is 1.46. The summed E-state index contributed by atoms with van der Waals surface area (Å²) in [6.45, 7) is 2.85. The van der Waals surface area contributed by atoms with Gasteiger partial charge < -0.3 is 14.6 Å². The maximum Gasteiger partial charge on any atom is 0.128 e. The lowest BCUT2D eigenvalue weighted by molar-refractivity contribution is 0.202. The Morgan fingerprint density at radius 2 is 2.05 bits per heavy atom. The van der Waals surface area contributed by atoms with Crippen LogP contribution in [0.3, 0.4) is 0 Å². The molecule has 0 radical (unpaired) electrons. The van der Waals surface area contributed by atoms with Gasteiger partial charge in [0.1, 0.15) is 17.6 Å². The highest BCUT2D eigenvalue weighted by atomic mass is 16.5. The van der Waals surface area contributed by atoms with E-state index < -0.39 is 6.10 Å². The summed E-state index contributed by atoms with van der Waals surface area (Å²) in [4.78, 5) is 0. The predicted molar refractivity (Wildman–Crippen MR) is 76.1 cm³/mol. The van der Waals surface area contributed by atoms with Gasteiger partial charge in [0.15, 0.2) is 0 Å². The molecule has 5 nitrogen and oxygen atoms in total. The van der Waals surface area contributed by atoms with Gasteiger partial charge in [-0.1, -0.05) is 6.92 Å². The Hall–Kier alpha value is -2.01. The predicted octanol–water partition coefficient (Wildman–Crippen LogP) is 2.39. The van der Waals surface area contributed by atoms with E-state index in [0.29, 0.717) is 17.1 Å². The molecular formula is C15H20N2O3. The van der Waals surface area contributed by atoms with Crippen LogP contribution in [0, 0.1) is 0 Å². The zero-order valence-corrected chi connectivity index (χ0v) is 12.0. The van der Waals surface area contributed by atoms with Crippen LogP contribution in [0.2, 0.25) is 0 Å². The van der Waals surface area contributed by atoms with Crippen LogP contribution in [0.25, 0.3) is 0 Å². The number of hydrogen-bond acceptors (Lipinski definition) is 4. The number of nitrogens with zero attached hydrogens (tertiary/aromatic N) is 2. The van der Waals surface area contributed by atoms with Crippen LogP contribution in [-0.4, -0.2) is 29.1 Å². The van der Waals surface area contributed by atoms with Crippen LogP contribution in [-0.2, 0) is 6.54 Å². The van der Waals surface area contributed by atoms with Gasteiger partial charge in [-0.05, 0) is 24.6 Å². The van der Waals surface area contributed by atoms with Gasteiger partial charge >= 0.3 is 0 Å².